The molecule has 1 aliphatic heterocycles. The van der Waals surface area contributed by atoms with Gasteiger partial charge in [-0.15, -0.1) is 0 Å². The summed E-state index contributed by atoms with van der Waals surface area (Å²) in [4.78, 5) is 21.3. The van der Waals surface area contributed by atoms with Crippen LogP contribution in [0.15, 0.2) is 47.5 Å². The number of piperazine rings is 1. The SMILES string of the molecule is COc1ccc(C(=O)N2CCN(Cc3ccccn3)CC2)cc1S(=O)(=O)NC(C)C. The minimum absolute atomic E-state index is 0.0293. The standard InChI is InChI=1S/C21H28N4O4S/c1-16(2)23-30(27,28)20-14-17(7-8-19(20)29-3)21(26)25-12-10-24(11-13-25)15-18-6-4-5-9-22-18/h4-9,14,16,23H,10-13,15H2,1-3H3. The normalized spacial score (nSPS) is 15.4. The number of nitrogens with one attached hydrogen (secondary N) is 1. The van der Waals surface area contributed by atoms with Crippen molar-refractivity contribution in [3.8, 4) is 5.75 Å². The van der Waals surface area contributed by atoms with Gasteiger partial charge in [0.05, 0.1) is 12.8 Å². The summed E-state index contributed by atoms with van der Waals surface area (Å²) in [7, 11) is -2.38. The summed E-state index contributed by atoms with van der Waals surface area (Å²) in [6.07, 6.45) is 1.78. The monoisotopic (exact) mass is 432 g/mol. The van der Waals surface area contributed by atoms with Crippen LogP contribution in [-0.4, -0.2) is 68.4 Å². The molecule has 1 fully saturated rings. The van der Waals surface area contributed by atoms with Crippen molar-refractivity contribution in [3.05, 3.63) is 53.9 Å². The number of carbonyl (C=O) groups is 1. The number of nitrogens with zero attached hydrogens (tertiary/aromatic N) is 3. The van der Waals surface area contributed by atoms with E-state index < -0.39 is 10.0 Å². The average Bonchev–Trinajstić information content (AvgIpc) is 2.73. The quantitative estimate of drug-likeness (QED) is 0.717. The maximum Gasteiger partial charge on any atom is 0.253 e. The third kappa shape index (κ3) is 5.35. The number of methoxy groups -OCH3 is 1. The lowest BCUT2D eigenvalue weighted by atomic mass is 10.1. The lowest BCUT2D eigenvalue weighted by Gasteiger charge is -2.34. The van der Waals surface area contributed by atoms with E-state index in [1.54, 1.807) is 31.0 Å². The van der Waals surface area contributed by atoms with E-state index in [2.05, 4.69) is 14.6 Å². The van der Waals surface area contributed by atoms with Crippen molar-refractivity contribution >= 4 is 15.9 Å². The second kappa shape index (κ2) is 9.55. The minimum Gasteiger partial charge on any atom is -0.495 e. The Morgan fingerprint density at radius 2 is 1.90 bits per heavy atom. The van der Waals surface area contributed by atoms with Crippen molar-refractivity contribution in [2.24, 2.45) is 0 Å². The molecule has 3 rings (SSSR count). The summed E-state index contributed by atoms with van der Waals surface area (Å²) in [5.41, 5.74) is 1.33. The van der Waals surface area contributed by atoms with Gasteiger partial charge in [0.1, 0.15) is 10.6 Å². The summed E-state index contributed by atoms with van der Waals surface area (Å²) in [6.45, 7) is 6.84. The number of rotatable bonds is 7. The molecule has 30 heavy (non-hydrogen) atoms. The minimum atomic E-state index is -3.79. The summed E-state index contributed by atoms with van der Waals surface area (Å²) in [5.74, 6) is 0.0241. The van der Waals surface area contributed by atoms with Gasteiger partial charge in [-0.1, -0.05) is 6.07 Å². The first-order valence-corrected chi connectivity index (χ1v) is 11.4. The van der Waals surface area contributed by atoms with E-state index >= 15 is 0 Å². The Balaban J connectivity index is 1.71. The van der Waals surface area contributed by atoms with Gasteiger partial charge in [-0.2, -0.15) is 0 Å². The highest BCUT2D eigenvalue weighted by molar-refractivity contribution is 7.89. The van der Waals surface area contributed by atoms with E-state index in [9.17, 15) is 13.2 Å². The zero-order chi connectivity index (χ0) is 21.7. The molecule has 0 atom stereocenters. The fourth-order valence-electron chi connectivity index (χ4n) is 3.41. The number of ether oxygens (including phenoxy) is 1. The molecule has 0 unspecified atom stereocenters. The summed E-state index contributed by atoms with van der Waals surface area (Å²) in [6, 6.07) is 10.1. The Bertz CT molecular complexity index is 972. The maximum atomic E-state index is 13.0. The van der Waals surface area contributed by atoms with Crippen LogP contribution in [0.1, 0.15) is 29.9 Å². The number of aromatic nitrogens is 1. The molecule has 2 heterocycles. The van der Waals surface area contributed by atoms with E-state index in [0.29, 0.717) is 18.7 Å². The fourth-order valence-corrected chi connectivity index (χ4v) is 4.85. The van der Waals surface area contributed by atoms with E-state index in [1.807, 2.05) is 18.2 Å². The number of hydrogen-bond acceptors (Lipinski definition) is 6. The Hall–Kier alpha value is -2.49. The van der Waals surface area contributed by atoms with Crippen molar-refractivity contribution in [3.63, 3.8) is 0 Å². The van der Waals surface area contributed by atoms with Gasteiger partial charge in [-0.3, -0.25) is 14.7 Å². The second-order valence-electron chi connectivity index (χ2n) is 7.53. The molecule has 1 aliphatic rings. The van der Waals surface area contributed by atoms with Gasteiger partial charge < -0.3 is 9.64 Å². The molecule has 0 bridgehead atoms. The molecule has 9 heteroatoms. The van der Waals surface area contributed by atoms with Gasteiger partial charge in [0.2, 0.25) is 10.0 Å². The van der Waals surface area contributed by atoms with Gasteiger partial charge >= 0.3 is 0 Å². The van der Waals surface area contributed by atoms with Crippen molar-refractivity contribution in [2.45, 2.75) is 31.3 Å². The van der Waals surface area contributed by atoms with Gasteiger partial charge in [0.15, 0.2) is 0 Å². The van der Waals surface area contributed by atoms with E-state index in [-0.39, 0.29) is 22.6 Å². The Kier molecular flexibility index (Phi) is 7.06. The summed E-state index contributed by atoms with van der Waals surface area (Å²) in [5, 5.41) is 0. The van der Waals surface area contributed by atoms with Crippen LogP contribution in [0, 0.1) is 0 Å². The van der Waals surface area contributed by atoms with Crippen molar-refractivity contribution in [1.29, 1.82) is 0 Å². The molecular weight excluding hydrogens is 404 g/mol. The number of carbonyl (C=O) groups excluding carboxylic acids is 1. The van der Waals surface area contributed by atoms with Crippen molar-refractivity contribution in [1.82, 2.24) is 19.5 Å². The van der Waals surface area contributed by atoms with Crippen LogP contribution in [0.5, 0.6) is 5.75 Å². The molecule has 0 radical (unpaired) electrons. The third-order valence-electron chi connectivity index (χ3n) is 4.86. The number of pyridine rings is 1. The molecule has 1 aromatic heterocycles. The van der Waals surface area contributed by atoms with Crippen molar-refractivity contribution in [2.75, 3.05) is 33.3 Å². The molecule has 1 amide bonds. The van der Waals surface area contributed by atoms with E-state index in [1.165, 1.54) is 19.2 Å². The molecule has 0 saturated carbocycles. The predicted molar refractivity (Wildman–Crippen MR) is 114 cm³/mol. The number of amides is 1. The number of benzene rings is 1. The number of hydrogen-bond donors (Lipinski definition) is 1. The highest BCUT2D eigenvalue weighted by Crippen LogP contribution is 2.26. The topological polar surface area (TPSA) is 91.8 Å². The van der Waals surface area contributed by atoms with Crippen LogP contribution < -0.4 is 9.46 Å². The first kappa shape index (κ1) is 22.2. The van der Waals surface area contributed by atoms with Crippen LogP contribution in [0.3, 0.4) is 0 Å². The first-order valence-electron chi connectivity index (χ1n) is 9.92. The maximum absolute atomic E-state index is 13.0. The average molecular weight is 433 g/mol. The molecule has 1 aromatic carbocycles. The Morgan fingerprint density at radius 3 is 2.50 bits per heavy atom. The van der Waals surface area contributed by atoms with Gasteiger partial charge in [0.25, 0.3) is 5.91 Å². The zero-order valence-electron chi connectivity index (χ0n) is 17.5. The zero-order valence-corrected chi connectivity index (χ0v) is 18.4. The molecule has 1 saturated heterocycles. The first-order chi connectivity index (χ1) is 14.3. The van der Waals surface area contributed by atoms with Crippen LogP contribution in [0.2, 0.25) is 0 Å². The largest absolute Gasteiger partial charge is 0.495 e. The van der Waals surface area contributed by atoms with E-state index in [0.717, 1.165) is 25.3 Å². The van der Waals surface area contributed by atoms with Crippen LogP contribution in [-0.2, 0) is 16.6 Å². The molecule has 162 valence electrons. The molecule has 2 aromatic rings. The highest BCUT2D eigenvalue weighted by atomic mass is 32.2. The smallest absolute Gasteiger partial charge is 0.253 e. The third-order valence-corrected chi connectivity index (χ3v) is 6.54. The van der Waals surface area contributed by atoms with Crippen molar-refractivity contribution < 1.29 is 17.9 Å². The molecule has 1 N–H and O–H groups in total. The van der Waals surface area contributed by atoms with Crippen LogP contribution in [0.4, 0.5) is 0 Å². The fraction of sp³-hybridized carbons (Fsp3) is 0.429. The Labute approximate surface area is 177 Å². The highest BCUT2D eigenvalue weighted by Gasteiger charge is 2.26. The van der Waals surface area contributed by atoms with Gasteiger partial charge in [-0.05, 0) is 44.2 Å². The van der Waals surface area contributed by atoms with Crippen LogP contribution >= 0.6 is 0 Å². The predicted octanol–water partition coefficient (Wildman–Crippen LogP) is 1.73. The summed E-state index contributed by atoms with van der Waals surface area (Å²) >= 11 is 0. The Morgan fingerprint density at radius 1 is 1.17 bits per heavy atom. The van der Waals surface area contributed by atoms with E-state index in [4.69, 9.17) is 4.74 Å². The lowest BCUT2D eigenvalue weighted by molar-refractivity contribution is 0.0626. The summed E-state index contributed by atoms with van der Waals surface area (Å²) < 4.78 is 33.1. The second-order valence-corrected chi connectivity index (χ2v) is 9.21. The molecule has 8 nitrogen and oxygen atoms in total. The molecular formula is C21H28N4O4S. The van der Waals surface area contributed by atoms with Crippen LogP contribution in [0.25, 0.3) is 0 Å². The molecule has 0 aliphatic carbocycles. The van der Waals surface area contributed by atoms with Gasteiger partial charge in [0, 0.05) is 50.5 Å². The lowest BCUT2D eigenvalue weighted by Crippen LogP contribution is -2.48. The van der Waals surface area contributed by atoms with Gasteiger partial charge in [-0.25, -0.2) is 13.1 Å². The number of sulfonamides is 1. The molecule has 0 spiro atoms.